The number of hydrogen-bond acceptors (Lipinski definition) is 3. The van der Waals surface area contributed by atoms with E-state index in [1.54, 1.807) is 0 Å². The molecule has 1 aliphatic carbocycles. The largest absolute Gasteiger partial charge is 0.388 e. The maximum absolute atomic E-state index is 11.9. The van der Waals surface area contributed by atoms with Crippen molar-refractivity contribution in [2.45, 2.75) is 45.6 Å². The molecule has 0 radical (unpaired) electrons. The van der Waals surface area contributed by atoms with E-state index >= 15 is 0 Å². The second kappa shape index (κ2) is 5.85. The predicted octanol–water partition coefficient (Wildman–Crippen LogP) is 1.58. The molecule has 0 aromatic heterocycles. The molecule has 5 nitrogen and oxygen atoms in total. The smallest absolute Gasteiger partial charge is 0.313 e. The zero-order valence-electron chi connectivity index (χ0n) is 12.7. The first-order chi connectivity index (χ1) is 9.81. The molecule has 2 rings (SSSR count). The normalized spacial score (nSPS) is 16.0. The highest BCUT2D eigenvalue weighted by Gasteiger charge is 2.35. The Morgan fingerprint density at radius 1 is 1.14 bits per heavy atom. The first-order valence-electron chi connectivity index (χ1n) is 7.20. The molecule has 21 heavy (non-hydrogen) atoms. The van der Waals surface area contributed by atoms with Gasteiger partial charge in [0.25, 0.3) is 0 Å². The van der Waals surface area contributed by atoms with Crippen molar-refractivity contribution >= 4 is 17.5 Å². The molecule has 0 aliphatic heterocycles. The Morgan fingerprint density at radius 3 is 2.19 bits per heavy atom. The Hall–Kier alpha value is -1.88. The number of carbonyl (C=O) groups is 2. The van der Waals surface area contributed by atoms with Crippen LogP contribution in [0.4, 0.5) is 5.69 Å². The maximum Gasteiger partial charge on any atom is 0.313 e. The summed E-state index contributed by atoms with van der Waals surface area (Å²) in [6, 6.07) is 3.91. The summed E-state index contributed by atoms with van der Waals surface area (Å²) in [5.74, 6) is -1.41. The Morgan fingerprint density at radius 2 is 1.71 bits per heavy atom. The number of aliphatic hydroxyl groups is 1. The molecule has 0 unspecified atom stereocenters. The minimum Gasteiger partial charge on any atom is -0.388 e. The zero-order chi connectivity index (χ0) is 15.6. The molecular formula is C16H22N2O3. The number of rotatable bonds is 3. The zero-order valence-corrected chi connectivity index (χ0v) is 12.7. The van der Waals surface area contributed by atoms with Gasteiger partial charge in [0.05, 0.1) is 5.60 Å². The van der Waals surface area contributed by atoms with Gasteiger partial charge in [-0.3, -0.25) is 9.59 Å². The number of carbonyl (C=O) groups excluding carboxylic acids is 2. The average Bonchev–Trinajstić information content (AvgIpc) is 2.37. The third-order valence-electron chi connectivity index (χ3n) is 3.98. The van der Waals surface area contributed by atoms with Crippen LogP contribution in [0.3, 0.4) is 0 Å². The van der Waals surface area contributed by atoms with Gasteiger partial charge in [-0.1, -0.05) is 17.7 Å². The molecule has 5 heteroatoms. The SMILES string of the molecule is Cc1cc(C)c(NC(=O)C(=O)NCC2(O)CCC2)c(C)c1. The van der Waals surface area contributed by atoms with Gasteiger partial charge in [-0.05, 0) is 51.2 Å². The van der Waals surface area contributed by atoms with Gasteiger partial charge in [0.1, 0.15) is 0 Å². The summed E-state index contributed by atoms with van der Waals surface area (Å²) in [6.07, 6.45) is 2.30. The van der Waals surface area contributed by atoms with E-state index in [0.29, 0.717) is 18.5 Å². The average molecular weight is 290 g/mol. The topological polar surface area (TPSA) is 78.4 Å². The van der Waals surface area contributed by atoms with Crippen molar-refractivity contribution in [1.82, 2.24) is 5.32 Å². The van der Waals surface area contributed by atoms with Crippen molar-refractivity contribution in [3.05, 3.63) is 28.8 Å². The van der Waals surface area contributed by atoms with Crippen LogP contribution < -0.4 is 10.6 Å². The molecule has 0 bridgehead atoms. The number of anilines is 1. The van der Waals surface area contributed by atoms with Gasteiger partial charge in [0, 0.05) is 12.2 Å². The van der Waals surface area contributed by atoms with Gasteiger partial charge >= 0.3 is 11.8 Å². The van der Waals surface area contributed by atoms with E-state index in [1.807, 2.05) is 32.9 Å². The van der Waals surface area contributed by atoms with Crippen LogP contribution in [0.15, 0.2) is 12.1 Å². The van der Waals surface area contributed by atoms with Crippen molar-refractivity contribution < 1.29 is 14.7 Å². The minimum absolute atomic E-state index is 0.130. The molecular weight excluding hydrogens is 268 g/mol. The van der Waals surface area contributed by atoms with E-state index in [-0.39, 0.29) is 6.54 Å². The van der Waals surface area contributed by atoms with Crippen LogP contribution in [0.2, 0.25) is 0 Å². The monoisotopic (exact) mass is 290 g/mol. The van der Waals surface area contributed by atoms with Crippen molar-refractivity contribution in [2.24, 2.45) is 0 Å². The Labute approximate surface area is 124 Å². The molecule has 3 N–H and O–H groups in total. The molecule has 0 spiro atoms. The molecule has 1 saturated carbocycles. The lowest BCUT2D eigenvalue weighted by Gasteiger charge is -2.36. The lowest BCUT2D eigenvalue weighted by molar-refractivity contribution is -0.137. The van der Waals surface area contributed by atoms with E-state index in [4.69, 9.17) is 0 Å². The van der Waals surface area contributed by atoms with Crippen LogP contribution in [0.1, 0.15) is 36.0 Å². The van der Waals surface area contributed by atoms with E-state index in [9.17, 15) is 14.7 Å². The Bertz CT molecular complexity index is 554. The molecule has 2 amide bonds. The summed E-state index contributed by atoms with van der Waals surface area (Å²) < 4.78 is 0. The number of amides is 2. The predicted molar refractivity (Wildman–Crippen MR) is 81.1 cm³/mol. The van der Waals surface area contributed by atoms with Crippen molar-refractivity contribution in [1.29, 1.82) is 0 Å². The molecule has 1 fully saturated rings. The summed E-state index contributed by atoms with van der Waals surface area (Å²) in [6.45, 7) is 5.90. The van der Waals surface area contributed by atoms with Crippen LogP contribution in [0.25, 0.3) is 0 Å². The maximum atomic E-state index is 11.9. The van der Waals surface area contributed by atoms with E-state index < -0.39 is 17.4 Å². The number of nitrogens with one attached hydrogen (secondary N) is 2. The van der Waals surface area contributed by atoms with Crippen molar-refractivity contribution in [3.8, 4) is 0 Å². The lowest BCUT2D eigenvalue weighted by atomic mass is 9.80. The molecule has 1 aliphatic rings. The summed E-state index contributed by atoms with van der Waals surface area (Å²) >= 11 is 0. The van der Waals surface area contributed by atoms with Gasteiger partial charge in [0.2, 0.25) is 0 Å². The van der Waals surface area contributed by atoms with Crippen molar-refractivity contribution in [2.75, 3.05) is 11.9 Å². The van der Waals surface area contributed by atoms with Gasteiger partial charge in [0.15, 0.2) is 0 Å². The van der Waals surface area contributed by atoms with Crippen LogP contribution >= 0.6 is 0 Å². The fourth-order valence-corrected chi connectivity index (χ4v) is 2.63. The van der Waals surface area contributed by atoms with Gasteiger partial charge < -0.3 is 15.7 Å². The van der Waals surface area contributed by atoms with E-state index in [1.165, 1.54) is 0 Å². The second-order valence-corrected chi connectivity index (χ2v) is 5.99. The van der Waals surface area contributed by atoms with Crippen LogP contribution in [0.5, 0.6) is 0 Å². The fourth-order valence-electron chi connectivity index (χ4n) is 2.63. The quantitative estimate of drug-likeness (QED) is 0.740. The summed E-state index contributed by atoms with van der Waals surface area (Å²) in [7, 11) is 0. The minimum atomic E-state index is -0.828. The highest BCUT2D eigenvalue weighted by molar-refractivity contribution is 6.39. The van der Waals surface area contributed by atoms with Crippen LogP contribution in [-0.2, 0) is 9.59 Å². The van der Waals surface area contributed by atoms with Gasteiger partial charge in [-0.25, -0.2) is 0 Å². The van der Waals surface area contributed by atoms with Gasteiger partial charge in [-0.2, -0.15) is 0 Å². The number of aryl methyl sites for hydroxylation is 3. The molecule has 1 aromatic carbocycles. The standard InChI is InChI=1S/C16H22N2O3/c1-10-7-11(2)13(12(3)8-10)18-15(20)14(19)17-9-16(21)5-4-6-16/h7-8,21H,4-6,9H2,1-3H3,(H,17,19)(H,18,20). The third-order valence-corrected chi connectivity index (χ3v) is 3.98. The first kappa shape index (κ1) is 15.5. The molecule has 1 aromatic rings. The van der Waals surface area contributed by atoms with Crippen LogP contribution in [-0.4, -0.2) is 29.1 Å². The second-order valence-electron chi connectivity index (χ2n) is 5.99. The lowest BCUT2D eigenvalue weighted by Crippen LogP contribution is -2.49. The fraction of sp³-hybridized carbons (Fsp3) is 0.500. The highest BCUT2D eigenvalue weighted by atomic mass is 16.3. The Kier molecular flexibility index (Phi) is 4.32. The number of benzene rings is 1. The molecule has 0 saturated heterocycles. The van der Waals surface area contributed by atoms with E-state index in [0.717, 1.165) is 23.1 Å². The number of hydrogen-bond donors (Lipinski definition) is 3. The van der Waals surface area contributed by atoms with Crippen molar-refractivity contribution in [3.63, 3.8) is 0 Å². The summed E-state index contributed by atoms with van der Waals surface area (Å²) in [5.41, 5.74) is 2.80. The Balaban J connectivity index is 1.96. The summed E-state index contributed by atoms with van der Waals surface area (Å²) in [4.78, 5) is 23.7. The highest BCUT2D eigenvalue weighted by Crippen LogP contribution is 2.30. The first-order valence-corrected chi connectivity index (χ1v) is 7.20. The molecule has 114 valence electrons. The molecule has 0 atom stereocenters. The van der Waals surface area contributed by atoms with Crippen LogP contribution in [0, 0.1) is 20.8 Å². The third kappa shape index (κ3) is 3.61. The van der Waals surface area contributed by atoms with Gasteiger partial charge in [-0.15, -0.1) is 0 Å². The summed E-state index contributed by atoms with van der Waals surface area (Å²) in [5, 5.41) is 15.0. The van der Waals surface area contributed by atoms with E-state index in [2.05, 4.69) is 10.6 Å². The molecule has 0 heterocycles.